The van der Waals surface area contributed by atoms with Gasteiger partial charge < -0.3 is 20.1 Å². The highest BCUT2D eigenvalue weighted by Crippen LogP contribution is 2.15. The number of esters is 1. The molecule has 118 valence electrons. The van der Waals surface area contributed by atoms with E-state index in [0.717, 1.165) is 11.8 Å². The molecule has 2 amide bonds. The van der Waals surface area contributed by atoms with Gasteiger partial charge in [0.25, 0.3) is 5.24 Å². The summed E-state index contributed by atoms with van der Waals surface area (Å²) < 4.78 is 9.75. The van der Waals surface area contributed by atoms with E-state index < -0.39 is 17.3 Å². The van der Waals surface area contributed by atoms with Gasteiger partial charge in [0.05, 0.1) is 19.5 Å². The third-order valence-corrected chi connectivity index (χ3v) is 3.72. The van der Waals surface area contributed by atoms with Crippen LogP contribution < -0.4 is 15.4 Å². The second-order valence-corrected chi connectivity index (χ2v) is 5.45. The van der Waals surface area contributed by atoms with Gasteiger partial charge >= 0.3 is 5.97 Å². The number of carbonyl (C=O) groups is 3. The van der Waals surface area contributed by atoms with Crippen LogP contribution in [-0.2, 0) is 14.3 Å². The third kappa shape index (κ3) is 4.66. The number of rotatable bonds is 5. The van der Waals surface area contributed by atoms with Gasteiger partial charge in [-0.25, -0.2) is 4.79 Å². The topological polar surface area (TPSA) is 93.7 Å². The minimum absolute atomic E-state index is 0.0420. The fourth-order valence-electron chi connectivity index (χ4n) is 1.81. The van der Waals surface area contributed by atoms with Crippen LogP contribution in [0.1, 0.15) is 6.42 Å². The van der Waals surface area contributed by atoms with Crippen molar-refractivity contribution in [3.8, 4) is 5.75 Å². The zero-order chi connectivity index (χ0) is 15.9. The summed E-state index contributed by atoms with van der Waals surface area (Å²) in [6.45, 7) is 0.312. The summed E-state index contributed by atoms with van der Waals surface area (Å²) >= 11 is 0.806. The van der Waals surface area contributed by atoms with Gasteiger partial charge in [-0.2, -0.15) is 0 Å². The molecule has 2 rings (SSSR count). The fourth-order valence-corrected chi connectivity index (χ4v) is 2.37. The zero-order valence-corrected chi connectivity index (χ0v) is 12.8. The number of hydrogen-bond acceptors (Lipinski definition) is 6. The lowest BCUT2D eigenvalue weighted by Gasteiger charge is -2.08. The highest BCUT2D eigenvalue weighted by molar-refractivity contribution is 8.14. The Morgan fingerprint density at radius 2 is 2.09 bits per heavy atom. The molecule has 0 bridgehead atoms. The maximum Gasteiger partial charge on any atom is 0.328 e. The molecular formula is C14H16N2O5S. The predicted molar refractivity (Wildman–Crippen MR) is 82.0 cm³/mol. The largest absolute Gasteiger partial charge is 0.497 e. The molecule has 0 saturated carbocycles. The molecule has 22 heavy (non-hydrogen) atoms. The van der Waals surface area contributed by atoms with Crippen LogP contribution in [0.3, 0.4) is 0 Å². The third-order valence-electron chi connectivity index (χ3n) is 2.94. The van der Waals surface area contributed by atoms with E-state index in [1.54, 1.807) is 31.4 Å². The van der Waals surface area contributed by atoms with Gasteiger partial charge in [0.1, 0.15) is 11.8 Å². The summed E-state index contributed by atoms with van der Waals surface area (Å²) in [6, 6.07) is 6.25. The van der Waals surface area contributed by atoms with E-state index in [4.69, 9.17) is 9.47 Å². The lowest BCUT2D eigenvalue weighted by atomic mass is 10.3. The van der Waals surface area contributed by atoms with Crippen LogP contribution in [0.15, 0.2) is 24.3 Å². The molecule has 1 aromatic carbocycles. The number of ether oxygens (including phenoxy) is 2. The quantitative estimate of drug-likeness (QED) is 0.795. The van der Waals surface area contributed by atoms with Crippen LogP contribution in [0.4, 0.5) is 10.5 Å². The van der Waals surface area contributed by atoms with Crippen molar-refractivity contribution in [3.63, 3.8) is 0 Å². The van der Waals surface area contributed by atoms with Gasteiger partial charge in [0, 0.05) is 12.1 Å². The molecule has 8 heteroatoms. The fraction of sp³-hybridized carbons (Fsp3) is 0.357. The van der Waals surface area contributed by atoms with E-state index >= 15 is 0 Å². The Kier molecular flexibility index (Phi) is 5.65. The standard InChI is InChI=1S/C14H16N2O5S/c1-20-10-4-2-9(3-5-10)15-12(17)8-22-14(19)16-11-6-7-21-13(11)18/h2-5,11H,6-8H2,1H3,(H,15,17)(H,16,19)/t11-/m0/s1. The predicted octanol–water partition coefficient (Wildman–Crippen LogP) is 1.39. The summed E-state index contributed by atoms with van der Waals surface area (Å²) in [5.74, 6) is -0.0919. The number of cyclic esters (lactones) is 1. The van der Waals surface area contributed by atoms with Crippen LogP contribution in [0.2, 0.25) is 0 Å². The van der Waals surface area contributed by atoms with Gasteiger partial charge in [0.2, 0.25) is 5.91 Å². The molecule has 0 unspecified atom stereocenters. The first-order chi connectivity index (χ1) is 10.6. The van der Waals surface area contributed by atoms with Crippen LogP contribution in [0, 0.1) is 0 Å². The van der Waals surface area contributed by atoms with E-state index in [2.05, 4.69) is 10.6 Å². The Morgan fingerprint density at radius 3 is 2.68 bits per heavy atom. The van der Waals surface area contributed by atoms with Crippen molar-refractivity contribution in [1.82, 2.24) is 5.32 Å². The second kappa shape index (κ2) is 7.69. The normalized spacial score (nSPS) is 16.8. The van der Waals surface area contributed by atoms with Gasteiger partial charge in [-0.15, -0.1) is 0 Å². The van der Waals surface area contributed by atoms with Crippen LogP contribution in [0.5, 0.6) is 5.75 Å². The Hall–Kier alpha value is -2.22. The van der Waals surface area contributed by atoms with E-state index in [-0.39, 0.29) is 11.7 Å². The molecule has 1 aliphatic heterocycles. The van der Waals surface area contributed by atoms with Crippen molar-refractivity contribution in [2.24, 2.45) is 0 Å². The molecule has 1 aliphatic rings. The molecule has 0 radical (unpaired) electrons. The zero-order valence-electron chi connectivity index (χ0n) is 12.0. The van der Waals surface area contributed by atoms with Crippen LogP contribution >= 0.6 is 11.8 Å². The number of carbonyl (C=O) groups excluding carboxylic acids is 3. The second-order valence-electron chi connectivity index (χ2n) is 4.51. The molecule has 1 aromatic rings. The van der Waals surface area contributed by atoms with Crippen LogP contribution in [0.25, 0.3) is 0 Å². The molecule has 0 aromatic heterocycles. The number of hydrogen-bond donors (Lipinski definition) is 2. The Balaban J connectivity index is 1.72. The smallest absolute Gasteiger partial charge is 0.328 e. The van der Waals surface area contributed by atoms with E-state index in [1.165, 1.54) is 0 Å². The molecule has 1 heterocycles. The molecule has 1 saturated heterocycles. The summed E-state index contributed by atoms with van der Waals surface area (Å²) in [5, 5.41) is 4.76. The maximum absolute atomic E-state index is 11.7. The number of amides is 2. The van der Waals surface area contributed by atoms with Crippen molar-refractivity contribution in [2.45, 2.75) is 12.5 Å². The molecule has 0 spiro atoms. The first-order valence-electron chi connectivity index (χ1n) is 6.62. The number of benzene rings is 1. The van der Waals surface area contributed by atoms with Gasteiger partial charge in [-0.05, 0) is 24.3 Å². The number of methoxy groups -OCH3 is 1. The summed E-state index contributed by atoms with van der Waals surface area (Å²) in [6.07, 6.45) is 0.461. The summed E-state index contributed by atoms with van der Waals surface area (Å²) in [7, 11) is 1.56. The first-order valence-corrected chi connectivity index (χ1v) is 7.61. The molecule has 1 fully saturated rings. The highest BCUT2D eigenvalue weighted by Gasteiger charge is 2.28. The van der Waals surface area contributed by atoms with Crippen molar-refractivity contribution in [2.75, 3.05) is 24.8 Å². The Labute approximate surface area is 131 Å². The molecule has 7 nitrogen and oxygen atoms in total. The van der Waals surface area contributed by atoms with Gasteiger partial charge in [-0.3, -0.25) is 9.59 Å². The van der Waals surface area contributed by atoms with E-state index in [9.17, 15) is 14.4 Å². The lowest BCUT2D eigenvalue weighted by molar-refractivity contribution is -0.139. The van der Waals surface area contributed by atoms with Crippen LogP contribution in [-0.4, -0.2) is 42.6 Å². The first kappa shape index (κ1) is 16.2. The van der Waals surface area contributed by atoms with Crippen molar-refractivity contribution in [1.29, 1.82) is 0 Å². The number of thioether (sulfide) groups is 1. The molecule has 2 N–H and O–H groups in total. The minimum atomic E-state index is -0.607. The average molecular weight is 324 g/mol. The molecular weight excluding hydrogens is 308 g/mol. The maximum atomic E-state index is 11.7. The Morgan fingerprint density at radius 1 is 1.36 bits per heavy atom. The van der Waals surface area contributed by atoms with Crippen molar-refractivity contribution >= 4 is 34.6 Å². The van der Waals surface area contributed by atoms with Crippen molar-refractivity contribution in [3.05, 3.63) is 24.3 Å². The number of anilines is 1. The van der Waals surface area contributed by atoms with Crippen molar-refractivity contribution < 1.29 is 23.9 Å². The average Bonchev–Trinajstić information content (AvgIpc) is 2.91. The SMILES string of the molecule is COc1ccc(NC(=O)CSC(=O)N[C@H]2CCOC2=O)cc1. The highest BCUT2D eigenvalue weighted by atomic mass is 32.2. The summed E-state index contributed by atoms with van der Waals surface area (Å²) in [5.41, 5.74) is 0.617. The lowest BCUT2D eigenvalue weighted by Crippen LogP contribution is -2.36. The van der Waals surface area contributed by atoms with Gasteiger partial charge in [-0.1, -0.05) is 11.8 Å². The Bertz CT molecular complexity index is 561. The molecule has 0 aliphatic carbocycles. The number of nitrogens with one attached hydrogen (secondary N) is 2. The van der Waals surface area contributed by atoms with E-state index in [1.807, 2.05) is 0 Å². The summed E-state index contributed by atoms with van der Waals surface area (Å²) in [4.78, 5) is 34.6. The van der Waals surface area contributed by atoms with E-state index in [0.29, 0.717) is 24.5 Å². The monoisotopic (exact) mass is 324 g/mol. The minimum Gasteiger partial charge on any atom is -0.497 e. The molecule has 1 atom stereocenters. The van der Waals surface area contributed by atoms with Gasteiger partial charge in [0.15, 0.2) is 0 Å².